The summed E-state index contributed by atoms with van der Waals surface area (Å²) in [5, 5.41) is 3.02. The zero-order valence-electron chi connectivity index (χ0n) is 17.8. The second-order valence-corrected chi connectivity index (χ2v) is 7.88. The van der Waals surface area contributed by atoms with Crippen molar-refractivity contribution < 1.29 is 9.59 Å². The van der Waals surface area contributed by atoms with E-state index in [4.69, 9.17) is 11.5 Å². The van der Waals surface area contributed by atoms with Gasteiger partial charge in [-0.3, -0.25) is 9.59 Å². The van der Waals surface area contributed by atoms with Gasteiger partial charge in [-0.1, -0.05) is 103 Å². The molecule has 1 atom stereocenters. The summed E-state index contributed by atoms with van der Waals surface area (Å²) in [7, 11) is 0. The van der Waals surface area contributed by atoms with Crippen LogP contribution in [0.25, 0.3) is 0 Å². The summed E-state index contributed by atoms with van der Waals surface area (Å²) >= 11 is 0. The van der Waals surface area contributed by atoms with E-state index in [1.165, 1.54) is 89.9 Å². The Labute approximate surface area is 167 Å². The topological polar surface area (TPSA) is 98.2 Å². The van der Waals surface area contributed by atoms with Crippen LogP contribution in [0.3, 0.4) is 0 Å². The molecular weight excluding hydrogens is 338 g/mol. The third-order valence-electron chi connectivity index (χ3n) is 5.17. The maximum atomic E-state index is 11.2. The van der Waals surface area contributed by atoms with Crippen LogP contribution in [0.2, 0.25) is 0 Å². The molecule has 0 aliphatic rings. The van der Waals surface area contributed by atoms with Crippen LogP contribution in [0.4, 0.5) is 0 Å². The first-order valence-corrected chi connectivity index (χ1v) is 11.4. The quantitative estimate of drug-likeness (QED) is 0.253. The third-order valence-corrected chi connectivity index (χ3v) is 5.17. The highest BCUT2D eigenvalue weighted by molar-refractivity contribution is 5.86. The van der Waals surface area contributed by atoms with Crippen molar-refractivity contribution in [2.24, 2.45) is 11.5 Å². The van der Waals surface area contributed by atoms with Crippen LogP contribution in [0.15, 0.2) is 0 Å². The Balaban J connectivity index is 3.24. The van der Waals surface area contributed by atoms with E-state index in [1.807, 2.05) is 0 Å². The predicted octanol–water partition coefficient (Wildman–Crippen LogP) is 4.57. The van der Waals surface area contributed by atoms with Crippen molar-refractivity contribution in [1.82, 2.24) is 5.32 Å². The first-order chi connectivity index (χ1) is 13.1. The monoisotopic (exact) mass is 383 g/mol. The molecule has 5 heteroatoms. The van der Waals surface area contributed by atoms with Crippen molar-refractivity contribution in [2.75, 3.05) is 6.54 Å². The van der Waals surface area contributed by atoms with Gasteiger partial charge in [-0.15, -0.1) is 0 Å². The molecule has 0 aromatic carbocycles. The first-order valence-electron chi connectivity index (χ1n) is 11.4. The molecule has 27 heavy (non-hydrogen) atoms. The first kappa shape index (κ1) is 25.9. The van der Waals surface area contributed by atoms with Crippen LogP contribution >= 0.6 is 0 Å². The lowest BCUT2D eigenvalue weighted by Gasteiger charge is -2.13. The molecule has 5 nitrogen and oxygen atoms in total. The number of carbonyl (C=O) groups excluding carboxylic acids is 2. The molecule has 0 saturated heterocycles. The molecule has 0 aromatic rings. The average molecular weight is 384 g/mol. The van der Waals surface area contributed by atoms with Crippen LogP contribution in [0.5, 0.6) is 0 Å². The normalized spacial score (nSPS) is 12.2. The minimum atomic E-state index is -0.626. The number of unbranched alkanes of at least 4 members (excludes halogenated alkanes) is 15. The predicted molar refractivity (Wildman–Crippen MR) is 114 cm³/mol. The number of nitrogens with two attached hydrogens (primary N) is 2. The number of hydrogen-bond donors (Lipinski definition) is 3. The molecule has 0 bridgehead atoms. The largest absolute Gasteiger partial charge is 0.370 e. The summed E-state index contributed by atoms with van der Waals surface area (Å²) < 4.78 is 0. The summed E-state index contributed by atoms with van der Waals surface area (Å²) in [5.41, 5.74) is 10.4. The lowest BCUT2D eigenvalue weighted by molar-refractivity contribution is -0.125. The molecule has 160 valence electrons. The summed E-state index contributed by atoms with van der Waals surface area (Å²) in [4.78, 5) is 22.1. The Morgan fingerprint density at radius 1 is 0.667 bits per heavy atom. The van der Waals surface area contributed by atoms with Gasteiger partial charge in [0, 0.05) is 0 Å². The molecule has 0 aromatic heterocycles. The number of nitrogens with one attached hydrogen (secondary N) is 1. The van der Waals surface area contributed by atoms with Gasteiger partial charge in [0.25, 0.3) is 0 Å². The Morgan fingerprint density at radius 3 is 1.37 bits per heavy atom. The van der Waals surface area contributed by atoms with Crippen molar-refractivity contribution in [3.63, 3.8) is 0 Å². The van der Waals surface area contributed by atoms with E-state index >= 15 is 0 Å². The highest BCUT2D eigenvalue weighted by Crippen LogP contribution is 2.13. The van der Waals surface area contributed by atoms with Gasteiger partial charge in [0.1, 0.15) is 0 Å². The lowest BCUT2D eigenvalue weighted by Crippen LogP contribution is -2.44. The number of primary amides is 2. The number of hydrogen-bond acceptors (Lipinski definition) is 3. The number of rotatable bonds is 21. The van der Waals surface area contributed by atoms with Gasteiger partial charge >= 0.3 is 0 Å². The van der Waals surface area contributed by atoms with Crippen molar-refractivity contribution in [1.29, 1.82) is 0 Å². The second-order valence-electron chi connectivity index (χ2n) is 7.88. The minimum Gasteiger partial charge on any atom is -0.370 e. The van der Waals surface area contributed by atoms with Gasteiger partial charge in [0.05, 0.1) is 12.5 Å². The van der Waals surface area contributed by atoms with Crippen LogP contribution in [0.1, 0.15) is 116 Å². The van der Waals surface area contributed by atoms with Gasteiger partial charge in [-0.2, -0.15) is 0 Å². The summed E-state index contributed by atoms with van der Waals surface area (Å²) in [6.07, 6.45) is 21.4. The molecule has 0 aliphatic carbocycles. The molecule has 0 fully saturated rings. The van der Waals surface area contributed by atoms with E-state index < -0.39 is 17.9 Å². The van der Waals surface area contributed by atoms with Crippen molar-refractivity contribution in [3.05, 3.63) is 0 Å². The molecule has 0 aliphatic heterocycles. The van der Waals surface area contributed by atoms with E-state index in [2.05, 4.69) is 12.2 Å². The summed E-state index contributed by atoms with van der Waals surface area (Å²) in [5.74, 6) is -1.01. The molecule has 2 amide bonds. The number of amides is 2. The SMILES string of the molecule is CCCCCCCCCCCCCCCCCCN[C@@H](CC(N)=O)C(N)=O. The van der Waals surface area contributed by atoms with Crippen LogP contribution in [-0.2, 0) is 9.59 Å². The molecule has 0 unspecified atom stereocenters. The smallest absolute Gasteiger partial charge is 0.235 e. The van der Waals surface area contributed by atoms with E-state index in [-0.39, 0.29) is 6.42 Å². The second kappa shape index (κ2) is 19.7. The molecule has 0 radical (unpaired) electrons. The Bertz CT molecular complexity index is 361. The Hall–Kier alpha value is -1.10. The standard InChI is InChI=1S/C22H45N3O2/c1-2-3-4-5-6-7-8-9-10-11-12-13-14-15-16-17-18-25-20(22(24)27)19-21(23)26/h20,25H,2-19H2,1H3,(H2,23,26)(H2,24,27)/t20-/m0/s1. The molecule has 0 spiro atoms. The van der Waals surface area contributed by atoms with Gasteiger partial charge in [-0.05, 0) is 13.0 Å². The van der Waals surface area contributed by atoms with Gasteiger partial charge in [0.2, 0.25) is 11.8 Å². The zero-order chi connectivity index (χ0) is 20.2. The van der Waals surface area contributed by atoms with Gasteiger partial charge < -0.3 is 16.8 Å². The molecule has 0 saturated carbocycles. The Morgan fingerprint density at radius 2 is 1.04 bits per heavy atom. The maximum Gasteiger partial charge on any atom is 0.235 e. The van der Waals surface area contributed by atoms with Crippen molar-refractivity contribution in [3.8, 4) is 0 Å². The van der Waals surface area contributed by atoms with E-state index in [0.29, 0.717) is 6.54 Å². The fourth-order valence-electron chi connectivity index (χ4n) is 3.42. The van der Waals surface area contributed by atoms with Crippen molar-refractivity contribution >= 4 is 11.8 Å². The fraction of sp³-hybridized carbons (Fsp3) is 0.909. The minimum absolute atomic E-state index is 0.0197. The van der Waals surface area contributed by atoms with Gasteiger partial charge in [-0.25, -0.2) is 0 Å². The van der Waals surface area contributed by atoms with E-state index in [9.17, 15) is 9.59 Å². The van der Waals surface area contributed by atoms with Crippen LogP contribution < -0.4 is 16.8 Å². The van der Waals surface area contributed by atoms with Gasteiger partial charge in [0.15, 0.2) is 0 Å². The molecule has 0 rings (SSSR count). The van der Waals surface area contributed by atoms with E-state index in [0.717, 1.165) is 12.8 Å². The zero-order valence-corrected chi connectivity index (χ0v) is 17.8. The van der Waals surface area contributed by atoms with E-state index in [1.54, 1.807) is 0 Å². The summed E-state index contributed by atoms with van der Waals surface area (Å²) in [6, 6.07) is -0.626. The molecular formula is C22H45N3O2. The van der Waals surface area contributed by atoms with Crippen molar-refractivity contribution in [2.45, 2.75) is 122 Å². The van der Waals surface area contributed by atoms with Crippen LogP contribution in [-0.4, -0.2) is 24.4 Å². The molecule has 0 heterocycles. The van der Waals surface area contributed by atoms with Crippen LogP contribution in [0, 0.1) is 0 Å². The molecule has 5 N–H and O–H groups in total. The summed E-state index contributed by atoms with van der Waals surface area (Å²) in [6.45, 7) is 2.98. The maximum absolute atomic E-state index is 11.2. The fourth-order valence-corrected chi connectivity index (χ4v) is 3.42. The highest BCUT2D eigenvalue weighted by Gasteiger charge is 2.16. The number of carbonyl (C=O) groups is 2. The third kappa shape index (κ3) is 19.5. The highest BCUT2D eigenvalue weighted by atomic mass is 16.2. The Kier molecular flexibility index (Phi) is 18.9. The average Bonchev–Trinajstić information content (AvgIpc) is 2.62. The lowest BCUT2D eigenvalue weighted by atomic mass is 10.0.